The van der Waals surface area contributed by atoms with Crippen LogP contribution >= 0.6 is 22.6 Å². The Kier molecular flexibility index (Phi) is 7.33. The van der Waals surface area contributed by atoms with Crippen LogP contribution in [-0.4, -0.2) is 4.43 Å². The molecule has 0 aliphatic heterocycles. The third kappa shape index (κ3) is 5.55. The average Bonchev–Trinajstić information content (AvgIpc) is 2.35. The summed E-state index contributed by atoms with van der Waals surface area (Å²) in [6.07, 6.45) is 11.6. The Morgan fingerprint density at radius 2 is 1.88 bits per heavy atom. The molecule has 0 aliphatic carbocycles. The molecule has 1 heteroatoms. The van der Waals surface area contributed by atoms with Gasteiger partial charge in [0.15, 0.2) is 0 Å². The second kappa shape index (κ2) is 8.64. The van der Waals surface area contributed by atoms with Crippen molar-refractivity contribution in [2.45, 2.75) is 32.1 Å². The predicted molar refractivity (Wildman–Crippen MR) is 79.8 cm³/mol. The molecule has 0 spiro atoms. The van der Waals surface area contributed by atoms with Gasteiger partial charge in [-0.25, -0.2) is 0 Å². The minimum Gasteiger partial charge on any atom is -0.120 e. The Labute approximate surface area is 113 Å². The Morgan fingerprint density at radius 3 is 2.50 bits per heavy atom. The number of rotatable bonds is 7. The minimum atomic E-state index is 0.461. The maximum atomic E-state index is 5.57. The van der Waals surface area contributed by atoms with Crippen molar-refractivity contribution in [2.75, 3.05) is 4.43 Å². The zero-order valence-corrected chi connectivity index (χ0v) is 11.8. The molecule has 0 N–H and O–H groups in total. The highest BCUT2D eigenvalue weighted by Crippen LogP contribution is 2.15. The molecule has 0 aromatic heterocycles. The molecule has 0 fully saturated rings. The number of halogens is 1. The van der Waals surface area contributed by atoms with Crippen molar-refractivity contribution in [3.8, 4) is 12.3 Å². The molecule has 1 unspecified atom stereocenters. The van der Waals surface area contributed by atoms with Gasteiger partial charge in [0.1, 0.15) is 0 Å². The van der Waals surface area contributed by atoms with Gasteiger partial charge in [-0.3, -0.25) is 0 Å². The SMILES string of the molecule is C#CC(CCCCI)CCc1ccccc1. The van der Waals surface area contributed by atoms with Crippen LogP contribution in [0.25, 0.3) is 0 Å². The van der Waals surface area contributed by atoms with Gasteiger partial charge in [-0.1, -0.05) is 59.3 Å². The molecule has 0 nitrogen and oxygen atoms in total. The van der Waals surface area contributed by atoms with Crippen molar-refractivity contribution in [3.05, 3.63) is 35.9 Å². The van der Waals surface area contributed by atoms with Crippen LogP contribution in [0.2, 0.25) is 0 Å². The van der Waals surface area contributed by atoms with E-state index in [1.165, 1.54) is 29.3 Å². The van der Waals surface area contributed by atoms with Crippen LogP contribution in [0, 0.1) is 18.3 Å². The van der Waals surface area contributed by atoms with Crippen LogP contribution in [0.15, 0.2) is 30.3 Å². The van der Waals surface area contributed by atoms with Crippen molar-refractivity contribution < 1.29 is 0 Å². The van der Waals surface area contributed by atoms with Crippen molar-refractivity contribution in [2.24, 2.45) is 5.92 Å². The third-order valence-electron chi connectivity index (χ3n) is 2.80. The van der Waals surface area contributed by atoms with Crippen LogP contribution in [0.3, 0.4) is 0 Å². The van der Waals surface area contributed by atoms with Gasteiger partial charge in [0.2, 0.25) is 0 Å². The minimum absolute atomic E-state index is 0.461. The van der Waals surface area contributed by atoms with Crippen molar-refractivity contribution in [3.63, 3.8) is 0 Å². The lowest BCUT2D eigenvalue weighted by molar-refractivity contribution is 0.536. The predicted octanol–water partition coefficient (Wildman–Crippen LogP) is 4.47. The van der Waals surface area contributed by atoms with Gasteiger partial charge in [-0.2, -0.15) is 0 Å². The van der Waals surface area contributed by atoms with Crippen LogP contribution in [0.1, 0.15) is 31.2 Å². The fourth-order valence-corrected chi connectivity index (χ4v) is 2.32. The summed E-state index contributed by atoms with van der Waals surface area (Å²) in [6, 6.07) is 10.6. The largest absolute Gasteiger partial charge is 0.120 e. The first-order valence-electron chi connectivity index (χ1n) is 5.93. The van der Waals surface area contributed by atoms with E-state index >= 15 is 0 Å². The van der Waals surface area contributed by atoms with Crippen LogP contribution in [-0.2, 0) is 6.42 Å². The second-order valence-electron chi connectivity index (χ2n) is 4.07. The summed E-state index contributed by atoms with van der Waals surface area (Å²) in [5.74, 6) is 3.39. The standard InChI is InChI=1S/C15H19I/c1-2-14(8-6-7-13-16)11-12-15-9-4-3-5-10-15/h1,3-5,9-10,14H,6-8,11-13H2. The Bertz CT molecular complexity index is 310. The number of alkyl halides is 1. The fraction of sp³-hybridized carbons (Fsp3) is 0.467. The molecule has 1 aromatic rings. The van der Waals surface area contributed by atoms with E-state index in [9.17, 15) is 0 Å². The highest BCUT2D eigenvalue weighted by Gasteiger charge is 2.04. The first-order valence-corrected chi connectivity index (χ1v) is 7.45. The van der Waals surface area contributed by atoms with Crippen molar-refractivity contribution >= 4 is 22.6 Å². The van der Waals surface area contributed by atoms with E-state index in [0.29, 0.717) is 5.92 Å². The van der Waals surface area contributed by atoms with Gasteiger partial charge >= 0.3 is 0 Å². The maximum Gasteiger partial charge on any atom is 0.0203 e. The molecule has 1 rings (SSSR count). The molecule has 0 amide bonds. The molecule has 86 valence electrons. The maximum absolute atomic E-state index is 5.57. The van der Waals surface area contributed by atoms with Crippen LogP contribution in [0.5, 0.6) is 0 Å². The van der Waals surface area contributed by atoms with E-state index in [0.717, 1.165) is 12.8 Å². The molecule has 0 radical (unpaired) electrons. The van der Waals surface area contributed by atoms with E-state index in [2.05, 4.69) is 58.8 Å². The normalized spacial score (nSPS) is 12.0. The molecule has 0 saturated heterocycles. The highest BCUT2D eigenvalue weighted by atomic mass is 127. The Morgan fingerprint density at radius 1 is 1.12 bits per heavy atom. The summed E-state index contributed by atoms with van der Waals surface area (Å²) in [7, 11) is 0. The fourth-order valence-electron chi connectivity index (χ4n) is 1.78. The van der Waals surface area contributed by atoms with Crippen LogP contribution in [0.4, 0.5) is 0 Å². The zero-order chi connectivity index (χ0) is 11.6. The number of unbranched alkanes of at least 4 members (excludes halogenated alkanes) is 1. The van der Waals surface area contributed by atoms with E-state index in [1.807, 2.05) is 0 Å². The quantitative estimate of drug-likeness (QED) is 0.300. The van der Waals surface area contributed by atoms with Gasteiger partial charge in [-0.15, -0.1) is 12.3 Å². The average molecular weight is 326 g/mol. The molecule has 0 aliphatic rings. The molecule has 16 heavy (non-hydrogen) atoms. The summed E-state index contributed by atoms with van der Waals surface area (Å²) in [5.41, 5.74) is 1.40. The molecule has 0 saturated carbocycles. The summed E-state index contributed by atoms with van der Waals surface area (Å²) in [6.45, 7) is 0. The first kappa shape index (κ1) is 13.6. The molecular formula is C15H19I. The topological polar surface area (TPSA) is 0 Å². The molecule has 0 heterocycles. The number of terminal acetylenes is 1. The smallest absolute Gasteiger partial charge is 0.0203 e. The van der Waals surface area contributed by atoms with E-state index < -0.39 is 0 Å². The lowest BCUT2D eigenvalue weighted by atomic mass is 9.95. The second-order valence-corrected chi connectivity index (χ2v) is 5.15. The Hall–Kier alpha value is -0.490. The van der Waals surface area contributed by atoms with Gasteiger partial charge in [-0.05, 0) is 35.7 Å². The highest BCUT2D eigenvalue weighted by molar-refractivity contribution is 14.1. The monoisotopic (exact) mass is 326 g/mol. The lowest BCUT2D eigenvalue weighted by Gasteiger charge is -2.09. The molecule has 1 aromatic carbocycles. The third-order valence-corrected chi connectivity index (χ3v) is 3.56. The number of hydrogen-bond acceptors (Lipinski definition) is 0. The van der Waals surface area contributed by atoms with Gasteiger partial charge in [0.25, 0.3) is 0 Å². The van der Waals surface area contributed by atoms with E-state index in [-0.39, 0.29) is 0 Å². The van der Waals surface area contributed by atoms with Crippen molar-refractivity contribution in [1.82, 2.24) is 0 Å². The number of aryl methyl sites for hydroxylation is 1. The summed E-state index contributed by atoms with van der Waals surface area (Å²) in [5, 5.41) is 0. The van der Waals surface area contributed by atoms with Crippen molar-refractivity contribution in [1.29, 1.82) is 0 Å². The van der Waals surface area contributed by atoms with Gasteiger partial charge in [0.05, 0.1) is 0 Å². The van der Waals surface area contributed by atoms with Gasteiger partial charge in [0, 0.05) is 5.92 Å². The summed E-state index contributed by atoms with van der Waals surface area (Å²) in [4.78, 5) is 0. The van der Waals surface area contributed by atoms with Gasteiger partial charge < -0.3 is 0 Å². The summed E-state index contributed by atoms with van der Waals surface area (Å²) < 4.78 is 1.24. The molecule has 0 bridgehead atoms. The summed E-state index contributed by atoms with van der Waals surface area (Å²) >= 11 is 2.43. The van der Waals surface area contributed by atoms with E-state index in [1.54, 1.807) is 0 Å². The number of hydrogen-bond donors (Lipinski definition) is 0. The van der Waals surface area contributed by atoms with Crippen LogP contribution < -0.4 is 0 Å². The number of benzene rings is 1. The zero-order valence-electron chi connectivity index (χ0n) is 9.66. The molecule has 1 atom stereocenters. The Balaban J connectivity index is 2.27. The lowest BCUT2D eigenvalue weighted by Crippen LogP contribution is -2.00. The van der Waals surface area contributed by atoms with E-state index in [4.69, 9.17) is 6.42 Å². The molecular weight excluding hydrogens is 307 g/mol. The first-order chi connectivity index (χ1) is 7.86.